The van der Waals surface area contributed by atoms with E-state index in [2.05, 4.69) is 0 Å². The second kappa shape index (κ2) is 9.73. The molecule has 186 valence electrons. The minimum Gasteiger partial charge on any atom is -0.507 e. The Morgan fingerprint density at radius 1 is 0.917 bits per heavy atom. The predicted octanol–water partition coefficient (Wildman–Crippen LogP) is 5.09. The number of aryl methyl sites for hydroxylation is 2. The lowest BCUT2D eigenvalue weighted by Gasteiger charge is -2.27. The standard InChI is InChI=1S/C28H26FNO6/c1-15-7-6-8-19(11-15)30-24(18-13-21(34-3)27(36-5)22(14-18)35-4)23(26(32)28(30)33)25(31)17-9-10-20(29)16(2)12-17/h6-14,24,31H,1-5H3/b25-23+. The van der Waals surface area contributed by atoms with Crippen molar-refractivity contribution in [2.45, 2.75) is 19.9 Å². The minimum atomic E-state index is -1.02. The molecule has 0 aromatic heterocycles. The van der Waals surface area contributed by atoms with Gasteiger partial charge in [-0.2, -0.15) is 0 Å². The molecule has 1 N–H and O–H groups in total. The first kappa shape index (κ1) is 24.8. The van der Waals surface area contributed by atoms with Crippen molar-refractivity contribution in [2.24, 2.45) is 0 Å². The summed E-state index contributed by atoms with van der Waals surface area (Å²) in [5.41, 5.74) is 2.18. The topological polar surface area (TPSA) is 85.3 Å². The fraction of sp³-hybridized carbons (Fsp3) is 0.214. The number of methoxy groups -OCH3 is 3. The number of rotatable bonds is 6. The number of ketones is 1. The van der Waals surface area contributed by atoms with E-state index < -0.39 is 29.3 Å². The number of benzene rings is 3. The highest BCUT2D eigenvalue weighted by atomic mass is 19.1. The third-order valence-corrected chi connectivity index (χ3v) is 6.16. The Morgan fingerprint density at radius 2 is 1.58 bits per heavy atom. The molecule has 0 radical (unpaired) electrons. The lowest BCUT2D eigenvalue weighted by molar-refractivity contribution is -0.132. The molecular formula is C28H26FNO6. The van der Waals surface area contributed by atoms with Crippen LogP contribution in [-0.2, 0) is 9.59 Å². The lowest BCUT2D eigenvalue weighted by Crippen LogP contribution is -2.29. The average molecular weight is 492 g/mol. The van der Waals surface area contributed by atoms with Crippen LogP contribution in [0.4, 0.5) is 10.1 Å². The minimum absolute atomic E-state index is 0.137. The molecule has 36 heavy (non-hydrogen) atoms. The predicted molar refractivity (Wildman–Crippen MR) is 133 cm³/mol. The molecule has 7 nitrogen and oxygen atoms in total. The number of carbonyl (C=O) groups is 2. The maximum Gasteiger partial charge on any atom is 0.300 e. The highest BCUT2D eigenvalue weighted by molar-refractivity contribution is 6.51. The van der Waals surface area contributed by atoms with E-state index in [1.54, 1.807) is 37.3 Å². The van der Waals surface area contributed by atoms with Crippen LogP contribution in [0.3, 0.4) is 0 Å². The van der Waals surface area contributed by atoms with Gasteiger partial charge in [0, 0.05) is 11.3 Å². The summed E-state index contributed by atoms with van der Waals surface area (Å²) in [6, 6.07) is 13.4. The van der Waals surface area contributed by atoms with Crippen molar-refractivity contribution in [1.29, 1.82) is 0 Å². The van der Waals surface area contributed by atoms with Gasteiger partial charge in [0.25, 0.3) is 11.7 Å². The van der Waals surface area contributed by atoms with Crippen molar-refractivity contribution in [1.82, 2.24) is 0 Å². The van der Waals surface area contributed by atoms with Crippen molar-refractivity contribution in [3.63, 3.8) is 0 Å². The summed E-state index contributed by atoms with van der Waals surface area (Å²) >= 11 is 0. The van der Waals surface area contributed by atoms with Crippen LogP contribution >= 0.6 is 0 Å². The zero-order valence-electron chi connectivity index (χ0n) is 20.6. The number of Topliss-reactive ketones (excluding diaryl/α,β-unsaturated/α-hetero) is 1. The number of ether oxygens (including phenoxy) is 3. The third-order valence-electron chi connectivity index (χ3n) is 6.16. The summed E-state index contributed by atoms with van der Waals surface area (Å²) in [4.78, 5) is 28.1. The molecule has 1 saturated heterocycles. The van der Waals surface area contributed by atoms with E-state index in [9.17, 15) is 19.1 Å². The number of carbonyl (C=O) groups excluding carboxylic acids is 2. The van der Waals surface area contributed by atoms with Crippen molar-refractivity contribution in [2.75, 3.05) is 26.2 Å². The van der Waals surface area contributed by atoms with Crippen LogP contribution in [0, 0.1) is 19.7 Å². The van der Waals surface area contributed by atoms with Crippen LogP contribution < -0.4 is 19.1 Å². The third kappa shape index (κ3) is 4.15. The Bertz CT molecular complexity index is 1370. The summed E-state index contributed by atoms with van der Waals surface area (Å²) in [6.45, 7) is 3.42. The van der Waals surface area contributed by atoms with E-state index >= 15 is 0 Å². The van der Waals surface area contributed by atoms with Crippen molar-refractivity contribution in [3.8, 4) is 17.2 Å². The largest absolute Gasteiger partial charge is 0.507 e. The van der Waals surface area contributed by atoms with Gasteiger partial charge in [-0.25, -0.2) is 4.39 Å². The van der Waals surface area contributed by atoms with Gasteiger partial charge in [-0.05, 0) is 73.0 Å². The zero-order chi connectivity index (χ0) is 26.1. The van der Waals surface area contributed by atoms with Gasteiger partial charge in [0.05, 0.1) is 32.9 Å². The molecule has 1 fully saturated rings. The summed E-state index contributed by atoms with van der Waals surface area (Å²) in [6.07, 6.45) is 0. The molecule has 0 spiro atoms. The number of hydrogen-bond donors (Lipinski definition) is 1. The Kier molecular flexibility index (Phi) is 6.70. The van der Waals surface area contributed by atoms with Crippen molar-refractivity contribution >= 4 is 23.1 Å². The van der Waals surface area contributed by atoms with Gasteiger partial charge < -0.3 is 19.3 Å². The van der Waals surface area contributed by atoms with Gasteiger partial charge in [-0.1, -0.05) is 12.1 Å². The maximum atomic E-state index is 13.9. The molecule has 1 aliphatic rings. The first-order valence-corrected chi connectivity index (χ1v) is 11.2. The van der Waals surface area contributed by atoms with Gasteiger partial charge in [-0.15, -0.1) is 0 Å². The second-order valence-electron chi connectivity index (χ2n) is 8.43. The Labute approximate surface area is 208 Å². The smallest absolute Gasteiger partial charge is 0.300 e. The first-order chi connectivity index (χ1) is 17.2. The summed E-state index contributed by atoms with van der Waals surface area (Å²) in [5.74, 6) is -1.56. The van der Waals surface area contributed by atoms with Crippen molar-refractivity contribution in [3.05, 3.63) is 88.2 Å². The molecule has 3 aromatic carbocycles. The fourth-order valence-corrected chi connectivity index (χ4v) is 4.40. The second-order valence-corrected chi connectivity index (χ2v) is 8.43. The van der Waals surface area contributed by atoms with E-state index in [0.717, 1.165) is 5.56 Å². The molecule has 3 aromatic rings. The van der Waals surface area contributed by atoms with Crippen LogP contribution in [0.2, 0.25) is 0 Å². The molecule has 0 aliphatic carbocycles. The van der Waals surface area contributed by atoms with Gasteiger partial charge in [-0.3, -0.25) is 14.5 Å². The van der Waals surface area contributed by atoms with Crippen LogP contribution in [0.5, 0.6) is 17.2 Å². The number of aliphatic hydroxyl groups excluding tert-OH is 1. The average Bonchev–Trinajstić information content (AvgIpc) is 3.14. The Balaban J connectivity index is 2.03. The Morgan fingerprint density at radius 3 is 2.14 bits per heavy atom. The summed E-state index contributed by atoms with van der Waals surface area (Å²) in [7, 11) is 4.38. The van der Waals surface area contributed by atoms with Crippen LogP contribution in [0.25, 0.3) is 5.76 Å². The van der Waals surface area contributed by atoms with Gasteiger partial charge in [0.1, 0.15) is 11.6 Å². The SMILES string of the molecule is COc1cc(C2/C(=C(\O)c3ccc(F)c(C)c3)C(=O)C(=O)N2c2cccc(C)c2)cc(OC)c1OC. The number of halogens is 1. The normalized spacial score (nSPS) is 16.8. The molecule has 1 atom stereocenters. The molecular weight excluding hydrogens is 465 g/mol. The number of nitrogens with zero attached hydrogens (tertiary/aromatic N) is 1. The number of aliphatic hydroxyl groups is 1. The van der Waals surface area contributed by atoms with Crippen LogP contribution in [0.1, 0.15) is 28.3 Å². The van der Waals surface area contributed by atoms with E-state index in [4.69, 9.17) is 14.2 Å². The van der Waals surface area contributed by atoms with Gasteiger partial charge in [0.2, 0.25) is 5.75 Å². The lowest BCUT2D eigenvalue weighted by atomic mass is 9.94. The zero-order valence-corrected chi connectivity index (χ0v) is 20.6. The number of hydrogen-bond acceptors (Lipinski definition) is 6. The molecule has 1 heterocycles. The van der Waals surface area contributed by atoms with Gasteiger partial charge in [0.15, 0.2) is 11.5 Å². The molecule has 1 aliphatic heterocycles. The molecule has 1 amide bonds. The fourth-order valence-electron chi connectivity index (χ4n) is 4.40. The number of amides is 1. The van der Waals surface area contributed by atoms with Crippen LogP contribution in [0.15, 0.2) is 60.2 Å². The van der Waals surface area contributed by atoms with E-state index in [1.807, 2.05) is 13.0 Å². The Hall–Kier alpha value is -4.33. The highest BCUT2D eigenvalue weighted by Gasteiger charge is 2.47. The van der Waals surface area contributed by atoms with E-state index in [-0.39, 0.29) is 16.7 Å². The summed E-state index contributed by atoms with van der Waals surface area (Å²) < 4.78 is 30.3. The molecule has 0 saturated carbocycles. The van der Waals surface area contributed by atoms with Crippen molar-refractivity contribution < 1.29 is 33.3 Å². The molecule has 1 unspecified atom stereocenters. The molecule has 4 rings (SSSR count). The van der Waals surface area contributed by atoms with E-state index in [0.29, 0.717) is 28.5 Å². The molecule has 0 bridgehead atoms. The first-order valence-electron chi connectivity index (χ1n) is 11.2. The van der Waals surface area contributed by atoms with Gasteiger partial charge >= 0.3 is 0 Å². The summed E-state index contributed by atoms with van der Waals surface area (Å²) in [5, 5.41) is 11.3. The quantitative estimate of drug-likeness (QED) is 0.294. The number of anilines is 1. The monoisotopic (exact) mass is 491 g/mol. The maximum absolute atomic E-state index is 13.9. The van der Waals surface area contributed by atoms with E-state index in [1.165, 1.54) is 44.4 Å². The molecule has 8 heteroatoms. The highest BCUT2D eigenvalue weighted by Crippen LogP contribution is 2.47. The van der Waals surface area contributed by atoms with Crippen LogP contribution in [-0.4, -0.2) is 38.1 Å².